The van der Waals surface area contributed by atoms with E-state index >= 15 is 0 Å². The molecular weight excluding hydrogens is 302 g/mol. The molecule has 2 amide bonds. The SMILES string of the molecule is CN(CC(O)C1CC1)C(=O)Nc1cccc(N2CCCCCC2)c1. The van der Waals surface area contributed by atoms with Crippen molar-refractivity contribution in [2.24, 2.45) is 5.92 Å². The van der Waals surface area contributed by atoms with Crippen LogP contribution in [0, 0.1) is 5.92 Å². The van der Waals surface area contributed by atoms with Crippen LogP contribution in [0.1, 0.15) is 38.5 Å². The number of anilines is 2. The Morgan fingerprint density at radius 1 is 1.29 bits per heavy atom. The Morgan fingerprint density at radius 3 is 2.67 bits per heavy atom. The molecule has 1 aromatic rings. The van der Waals surface area contributed by atoms with Crippen LogP contribution < -0.4 is 10.2 Å². The van der Waals surface area contributed by atoms with Gasteiger partial charge >= 0.3 is 6.03 Å². The maximum absolute atomic E-state index is 12.3. The molecule has 0 radical (unpaired) electrons. The van der Waals surface area contributed by atoms with Gasteiger partial charge in [0.05, 0.1) is 6.10 Å². The smallest absolute Gasteiger partial charge is 0.321 e. The highest BCUT2D eigenvalue weighted by molar-refractivity contribution is 5.89. The van der Waals surface area contributed by atoms with E-state index in [-0.39, 0.29) is 6.03 Å². The number of rotatable bonds is 5. The van der Waals surface area contributed by atoms with E-state index in [1.807, 2.05) is 18.2 Å². The van der Waals surface area contributed by atoms with Gasteiger partial charge in [-0.3, -0.25) is 0 Å². The van der Waals surface area contributed by atoms with Gasteiger partial charge < -0.3 is 20.2 Å². The highest BCUT2D eigenvalue weighted by Crippen LogP contribution is 2.32. The molecule has 1 aromatic carbocycles. The molecule has 1 saturated heterocycles. The van der Waals surface area contributed by atoms with E-state index in [0.717, 1.165) is 31.6 Å². The second-order valence-corrected chi connectivity index (χ2v) is 7.17. The number of aliphatic hydroxyl groups excluding tert-OH is 1. The molecule has 132 valence electrons. The zero-order valence-corrected chi connectivity index (χ0v) is 14.6. The zero-order valence-electron chi connectivity index (χ0n) is 14.6. The van der Waals surface area contributed by atoms with Crippen molar-refractivity contribution in [3.63, 3.8) is 0 Å². The number of aliphatic hydroxyl groups is 1. The van der Waals surface area contributed by atoms with Crippen molar-refractivity contribution in [3.05, 3.63) is 24.3 Å². The number of carbonyl (C=O) groups is 1. The van der Waals surface area contributed by atoms with Crippen LogP contribution in [0.3, 0.4) is 0 Å². The number of nitrogens with zero attached hydrogens (tertiary/aromatic N) is 2. The molecule has 3 rings (SSSR count). The Bertz CT molecular complexity index is 551. The topological polar surface area (TPSA) is 55.8 Å². The number of carbonyl (C=O) groups excluding carboxylic acids is 1. The fraction of sp³-hybridized carbons (Fsp3) is 0.632. The lowest BCUT2D eigenvalue weighted by atomic mass is 10.2. The van der Waals surface area contributed by atoms with Crippen LogP contribution in [0.2, 0.25) is 0 Å². The van der Waals surface area contributed by atoms with E-state index in [0.29, 0.717) is 12.5 Å². The van der Waals surface area contributed by atoms with Crippen molar-refractivity contribution in [1.82, 2.24) is 4.90 Å². The van der Waals surface area contributed by atoms with Crippen LogP contribution in [0.25, 0.3) is 0 Å². The number of nitrogens with one attached hydrogen (secondary N) is 1. The van der Waals surface area contributed by atoms with Crippen molar-refractivity contribution in [1.29, 1.82) is 0 Å². The average molecular weight is 331 g/mol. The van der Waals surface area contributed by atoms with Crippen LogP contribution in [0.4, 0.5) is 16.2 Å². The van der Waals surface area contributed by atoms with E-state index in [9.17, 15) is 9.90 Å². The molecule has 1 heterocycles. The number of amides is 2. The van der Waals surface area contributed by atoms with Crippen molar-refractivity contribution in [2.45, 2.75) is 44.6 Å². The first-order chi connectivity index (χ1) is 11.6. The van der Waals surface area contributed by atoms with E-state index < -0.39 is 6.10 Å². The van der Waals surface area contributed by atoms with Gasteiger partial charge in [-0.25, -0.2) is 4.79 Å². The van der Waals surface area contributed by atoms with Gasteiger partial charge in [-0.15, -0.1) is 0 Å². The largest absolute Gasteiger partial charge is 0.391 e. The molecule has 1 aliphatic carbocycles. The highest BCUT2D eigenvalue weighted by atomic mass is 16.3. The second kappa shape index (κ2) is 7.88. The van der Waals surface area contributed by atoms with Gasteiger partial charge in [-0.05, 0) is 49.8 Å². The first-order valence-electron chi connectivity index (χ1n) is 9.18. The molecule has 1 aliphatic heterocycles. The summed E-state index contributed by atoms with van der Waals surface area (Å²) in [6.45, 7) is 2.57. The normalized spacial score (nSPS) is 19.5. The molecule has 0 bridgehead atoms. The van der Waals surface area contributed by atoms with E-state index in [4.69, 9.17) is 0 Å². The van der Waals surface area contributed by atoms with Crippen molar-refractivity contribution in [2.75, 3.05) is 36.9 Å². The van der Waals surface area contributed by atoms with Gasteiger partial charge in [0.15, 0.2) is 0 Å². The summed E-state index contributed by atoms with van der Waals surface area (Å²) in [5.74, 6) is 0.381. The Balaban J connectivity index is 1.57. The zero-order chi connectivity index (χ0) is 16.9. The van der Waals surface area contributed by atoms with Gasteiger partial charge in [-0.2, -0.15) is 0 Å². The van der Waals surface area contributed by atoms with Crippen molar-refractivity contribution < 1.29 is 9.90 Å². The minimum absolute atomic E-state index is 0.164. The van der Waals surface area contributed by atoms with Crippen LogP contribution in [-0.4, -0.2) is 48.8 Å². The Morgan fingerprint density at radius 2 is 2.00 bits per heavy atom. The number of hydrogen-bond donors (Lipinski definition) is 2. The average Bonchev–Trinajstić information content (AvgIpc) is 3.41. The van der Waals surface area contributed by atoms with Gasteiger partial charge in [0, 0.05) is 38.1 Å². The molecule has 2 fully saturated rings. The molecular formula is C19H29N3O2. The predicted octanol–water partition coefficient (Wildman–Crippen LogP) is 3.30. The monoisotopic (exact) mass is 331 g/mol. The van der Waals surface area contributed by atoms with Gasteiger partial charge in [0.1, 0.15) is 0 Å². The number of benzene rings is 1. The maximum atomic E-state index is 12.3. The summed E-state index contributed by atoms with van der Waals surface area (Å²) in [5, 5.41) is 12.9. The lowest BCUT2D eigenvalue weighted by Gasteiger charge is -2.24. The quantitative estimate of drug-likeness (QED) is 0.870. The minimum atomic E-state index is -0.399. The molecule has 24 heavy (non-hydrogen) atoms. The molecule has 1 unspecified atom stereocenters. The standard InChI is InChI=1S/C19H29N3O2/c1-21(14-18(23)15-9-10-15)19(24)20-16-7-6-8-17(13-16)22-11-4-2-3-5-12-22/h6-8,13,15,18,23H,2-5,9-12,14H2,1H3,(H,20,24). The summed E-state index contributed by atoms with van der Waals surface area (Å²) >= 11 is 0. The van der Waals surface area contributed by atoms with E-state index in [2.05, 4.69) is 16.3 Å². The van der Waals surface area contributed by atoms with E-state index in [1.165, 1.54) is 31.4 Å². The van der Waals surface area contributed by atoms with Gasteiger partial charge in [0.25, 0.3) is 0 Å². The number of urea groups is 1. The number of hydrogen-bond acceptors (Lipinski definition) is 3. The Kier molecular flexibility index (Phi) is 5.61. The highest BCUT2D eigenvalue weighted by Gasteiger charge is 2.31. The van der Waals surface area contributed by atoms with Crippen LogP contribution in [-0.2, 0) is 0 Å². The summed E-state index contributed by atoms with van der Waals surface area (Å²) in [6.07, 6.45) is 6.84. The van der Waals surface area contributed by atoms with Crippen LogP contribution >= 0.6 is 0 Å². The van der Waals surface area contributed by atoms with Crippen molar-refractivity contribution >= 4 is 17.4 Å². The summed E-state index contributed by atoms with van der Waals surface area (Å²) in [5.41, 5.74) is 1.99. The van der Waals surface area contributed by atoms with E-state index in [1.54, 1.807) is 11.9 Å². The van der Waals surface area contributed by atoms with Crippen molar-refractivity contribution in [3.8, 4) is 0 Å². The number of likely N-dealkylation sites (N-methyl/N-ethyl adjacent to an activating group) is 1. The first kappa shape index (κ1) is 17.1. The third-order valence-corrected chi connectivity index (χ3v) is 5.04. The lowest BCUT2D eigenvalue weighted by Crippen LogP contribution is -2.38. The first-order valence-corrected chi connectivity index (χ1v) is 9.18. The van der Waals surface area contributed by atoms with Crippen LogP contribution in [0.15, 0.2) is 24.3 Å². The fourth-order valence-corrected chi connectivity index (χ4v) is 3.32. The molecule has 5 heteroatoms. The Labute approximate surface area is 144 Å². The lowest BCUT2D eigenvalue weighted by molar-refractivity contribution is 0.117. The molecule has 0 aromatic heterocycles. The summed E-state index contributed by atoms with van der Waals surface area (Å²) in [4.78, 5) is 16.3. The Hall–Kier alpha value is -1.75. The summed E-state index contributed by atoms with van der Waals surface area (Å²) < 4.78 is 0. The molecule has 2 N–H and O–H groups in total. The third-order valence-electron chi connectivity index (χ3n) is 5.04. The van der Waals surface area contributed by atoms with Gasteiger partial charge in [-0.1, -0.05) is 18.9 Å². The summed E-state index contributed by atoms with van der Waals surface area (Å²) in [7, 11) is 1.74. The summed E-state index contributed by atoms with van der Waals surface area (Å²) in [6, 6.07) is 7.91. The van der Waals surface area contributed by atoms with Crippen LogP contribution in [0.5, 0.6) is 0 Å². The molecule has 5 nitrogen and oxygen atoms in total. The maximum Gasteiger partial charge on any atom is 0.321 e. The fourth-order valence-electron chi connectivity index (χ4n) is 3.32. The molecule has 2 aliphatic rings. The molecule has 1 saturated carbocycles. The minimum Gasteiger partial charge on any atom is -0.391 e. The second-order valence-electron chi connectivity index (χ2n) is 7.17. The molecule has 1 atom stereocenters. The molecule has 0 spiro atoms. The van der Waals surface area contributed by atoms with Gasteiger partial charge in [0.2, 0.25) is 0 Å². The third kappa shape index (κ3) is 4.63. The predicted molar refractivity (Wildman–Crippen MR) is 97.5 cm³/mol.